The molecule has 0 radical (unpaired) electrons. The van der Waals surface area contributed by atoms with E-state index in [0.29, 0.717) is 33.0 Å². The zero-order valence-corrected chi connectivity index (χ0v) is 17.4. The van der Waals surface area contributed by atoms with Crippen LogP contribution in [0.5, 0.6) is 0 Å². The van der Waals surface area contributed by atoms with Gasteiger partial charge in [0.25, 0.3) is 11.8 Å². The standard InChI is InChI=1S/C23H16N6O2S/c30-21(15-4-2-1-3-5-15)24-17-9-6-14(7-10-17)20-13-32-23(25-20)26-22(31)16-8-11-18-19(12-16)28-29-27-18/h1-13H,(H,24,30)(H,25,26,31)(H,27,28,29). The molecular formula is C23H16N6O2S. The minimum atomic E-state index is -0.269. The van der Waals surface area contributed by atoms with Crippen molar-refractivity contribution in [2.75, 3.05) is 10.6 Å². The summed E-state index contributed by atoms with van der Waals surface area (Å²) in [5, 5.41) is 18.6. The van der Waals surface area contributed by atoms with Crippen molar-refractivity contribution in [2.45, 2.75) is 0 Å². The summed E-state index contributed by atoms with van der Waals surface area (Å²) in [6.45, 7) is 0. The summed E-state index contributed by atoms with van der Waals surface area (Å²) in [7, 11) is 0. The van der Waals surface area contributed by atoms with E-state index >= 15 is 0 Å². The number of benzene rings is 3. The molecule has 0 atom stereocenters. The minimum absolute atomic E-state index is 0.166. The molecule has 9 heteroatoms. The first-order valence-electron chi connectivity index (χ1n) is 9.70. The number of nitrogens with one attached hydrogen (secondary N) is 3. The van der Waals surface area contributed by atoms with Crippen LogP contribution in [-0.2, 0) is 0 Å². The second-order valence-corrected chi connectivity index (χ2v) is 7.77. The Labute approximate surface area is 186 Å². The van der Waals surface area contributed by atoms with Crippen LogP contribution in [-0.4, -0.2) is 32.2 Å². The molecule has 2 heterocycles. The fraction of sp³-hybridized carbons (Fsp3) is 0. The maximum absolute atomic E-state index is 12.5. The summed E-state index contributed by atoms with van der Waals surface area (Å²) < 4.78 is 0. The molecule has 3 aromatic carbocycles. The number of aromatic nitrogens is 4. The van der Waals surface area contributed by atoms with Gasteiger partial charge in [-0.25, -0.2) is 4.98 Å². The lowest BCUT2D eigenvalue weighted by Crippen LogP contribution is -2.11. The Morgan fingerprint density at radius 2 is 1.53 bits per heavy atom. The lowest BCUT2D eigenvalue weighted by Gasteiger charge is -2.06. The van der Waals surface area contributed by atoms with Gasteiger partial charge < -0.3 is 5.32 Å². The van der Waals surface area contributed by atoms with Gasteiger partial charge in [0.1, 0.15) is 11.0 Å². The van der Waals surface area contributed by atoms with Crippen molar-refractivity contribution in [1.29, 1.82) is 0 Å². The highest BCUT2D eigenvalue weighted by Gasteiger charge is 2.12. The number of carbonyl (C=O) groups excluding carboxylic acids is 2. The van der Waals surface area contributed by atoms with Gasteiger partial charge in [0.2, 0.25) is 0 Å². The topological polar surface area (TPSA) is 113 Å². The first kappa shape index (κ1) is 19.6. The van der Waals surface area contributed by atoms with Crippen LogP contribution in [0.1, 0.15) is 20.7 Å². The van der Waals surface area contributed by atoms with Gasteiger partial charge in [-0.15, -0.1) is 11.3 Å². The van der Waals surface area contributed by atoms with Crippen LogP contribution in [0.25, 0.3) is 22.3 Å². The van der Waals surface area contributed by atoms with Crippen molar-refractivity contribution in [2.24, 2.45) is 0 Å². The fourth-order valence-corrected chi connectivity index (χ4v) is 3.85. The molecule has 0 unspecified atom stereocenters. The molecule has 2 aromatic heterocycles. The molecule has 8 nitrogen and oxygen atoms in total. The number of rotatable bonds is 5. The van der Waals surface area contributed by atoms with E-state index in [2.05, 4.69) is 31.0 Å². The van der Waals surface area contributed by atoms with Crippen molar-refractivity contribution in [3.63, 3.8) is 0 Å². The summed E-state index contributed by atoms with van der Waals surface area (Å²) in [5.74, 6) is -0.435. The number of H-pyrrole nitrogens is 1. The molecule has 5 aromatic rings. The van der Waals surface area contributed by atoms with Gasteiger partial charge in [-0.3, -0.25) is 14.9 Å². The van der Waals surface area contributed by atoms with Crippen molar-refractivity contribution in [3.8, 4) is 11.3 Å². The third kappa shape index (κ3) is 4.09. The molecule has 32 heavy (non-hydrogen) atoms. The van der Waals surface area contributed by atoms with Gasteiger partial charge in [0.15, 0.2) is 5.13 Å². The molecule has 0 spiro atoms. The van der Waals surface area contributed by atoms with E-state index in [0.717, 1.165) is 11.3 Å². The summed E-state index contributed by atoms with van der Waals surface area (Å²) in [6, 6.07) is 21.5. The van der Waals surface area contributed by atoms with Gasteiger partial charge >= 0.3 is 0 Å². The largest absolute Gasteiger partial charge is 0.322 e. The van der Waals surface area contributed by atoms with Crippen LogP contribution < -0.4 is 10.6 Å². The fourth-order valence-electron chi connectivity index (χ4n) is 3.13. The SMILES string of the molecule is O=C(Nc1ccc(-c2csc(NC(=O)c3ccc4n[nH]nc4c3)n2)cc1)c1ccccc1. The number of anilines is 2. The molecule has 5 rings (SSSR count). The number of hydrogen-bond acceptors (Lipinski definition) is 6. The van der Waals surface area contributed by atoms with Crippen molar-refractivity contribution in [3.05, 3.63) is 89.3 Å². The zero-order chi connectivity index (χ0) is 21.9. The van der Waals surface area contributed by atoms with Crippen LogP contribution in [0, 0.1) is 0 Å². The molecule has 0 aliphatic rings. The quantitative estimate of drug-likeness (QED) is 0.370. The molecule has 0 saturated carbocycles. The first-order valence-corrected chi connectivity index (χ1v) is 10.6. The third-order valence-electron chi connectivity index (χ3n) is 4.78. The van der Waals surface area contributed by atoms with Crippen molar-refractivity contribution in [1.82, 2.24) is 20.4 Å². The molecule has 156 valence electrons. The van der Waals surface area contributed by atoms with E-state index in [1.165, 1.54) is 11.3 Å². The highest BCUT2D eigenvalue weighted by Crippen LogP contribution is 2.26. The van der Waals surface area contributed by atoms with Crippen LogP contribution in [0.3, 0.4) is 0 Å². The predicted molar refractivity (Wildman–Crippen MR) is 124 cm³/mol. The molecular weight excluding hydrogens is 424 g/mol. The Morgan fingerprint density at radius 3 is 2.34 bits per heavy atom. The molecule has 0 saturated heterocycles. The lowest BCUT2D eigenvalue weighted by atomic mass is 10.1. The normalized spacial score (nSPS) is 10.8. The Kier molecular flexibility index (Phi) is 5.14. The number of hydrogen-bond donors (Lipinski definition) is 3. The van der Waals surface area contributed by atoms with Crippen LogP contribution >= 0.6 is 11.3 Å². The molecule has 0 aliphatic heterocycles. The summed E-state index contributed by atoms with van der Waals surface area (Å²) in [6.07, 6.45) is 0. The average molecular weight is 440 g/mol. The monoisotopic (exact) mass is 440 g/mol. The van der Waals surface area contributed by atoms with Crippen molar-refractivity contribution >= 4 is 45.0 Å². The molecule has 0 fully saturated rings. The van der Waals surface area contributed by atoms with Gasteiger partial charge in [-0.1, -0.05) is 30.3 Å². The molecule has 2 amide bonds. The zero-order valence-electron chi connectivity index (χ0n) is 16.6. The number of thiazole rings is 1. The number of fused-ring (bicyclic) bond motifs is 1. The van der Waals surface area contributed by atoms with E-state index in [-0.39, 0.29) is 11.8 Å². The number of nitrogens with zero attached hydrogens (tertiary/aromatic N) is 3. The van der Waals surface area contributed by atoms with Gasteiger partial charge in [-0.2, -0.15) is 15.4 Å². The first-order chi connectivity index (χ1) is 15.7. The summed E-state index contributed by atoms with van der Waals surface area (Å²) >= 11 is 1.34. The van der Waals surface area contributed by atoms with Gasteiger partial charge in [0, 0.05) is 27.8 Å². The Hall–Kier alpha value is -4.37. The Balaban J connectivity index is 1.26. The third-order valence-corrected chi connectivity index (χ3v) is 5.54. The maximum Gasteiger partial charge on any atom is 0.257 e. The van der Waals surface area contributed by atoms with E-state index in [9.17, 15) is 9.59 Å². The molecule has 0 bridgehead atoms. The Bertz CT molecular complexity index is 1410. The van der Waals surface area contributed by atoms with Crippen molar-refractivity contribution < 1.29 is 9.59 Å². The number of aromatic amines is 1. The average Bonchev–Trinajstić information content (AvgIpc) is 3.49. The van der Waals surface area contributed by atoms with Crippen LogP contribution in [0.2, 0.25) is 0 Å². The van der Waals surface area contributed by atoms with Crippen LogP contribution in [0.4, 0.5) is 10.8 Å². The van der Waals surface area contributed by atoms with Gasteiger partial charge in [0.05, 0.1) is 5.69 Å². The highest BCUT2D eigenvalue weighted by atomic mass is 32.1. The highest BCUT2D eigenvalue weighted by molar-refractivity contribution is 7.14. The predicted octanol–water partition coefficient (Wildman–Crippen LogP) is 4.59. The second kappa shape index (κ2) is 8.40. The second-order valence-electron chi connectivity index (χ2n) is 6.92. The van der Waals surface area contributed by atoms with E-state index < -0.39 is 0 Å². The summed E-state index contributed by atoms with van der Waals surface area (Å²) in [5.41, 5.74) is 4.69. The molecule has 3 N–H and O–H groups in total. The smallest absolute Gasteiger partial charge is 0.257 e. The van der Waals surface area contributed by atoms with E-state index in [1.54, 1.807) is 30.3 Å². The summed E-state index contributed by atoms with van der Waals surface area (Å²) in [4.78, 5) is 29.3. The van der Waals surface area contributed by atoms with Gasteiger partial charge in [-0.05, 0) is 42.5 Å². The Morgan fingerprint density at radius 1 is 0.781 bits per heavy atom. The maximum atomic E-state index is 12.5. The lowest BCUT2D eigenvalue weighted by molar-refractivity contribution is 0.101. The van der Waals surface area contributed by atoms with E-state index in [1.807, 2.05) is 47.8 Å². The minimum Gasteiger partial charge on any atom is -0.322 e. The number of amides is 2. The number of carbonyl (C=O) groups is 2. The van der Waals surface area contributed by atoms with E-state index in [4.69, 9.17) is 0 Å². The van der Waals surface area contributed by atoms with Crippen LogP contribution in [0.15, 0.2) is 78.2 Å². The molecule has 0 aliphatic carbocycles.